The first kappa shape index (κ1) is 16.6. The lowest BCUT2D eigenvalue weighted by molar-refractivity contribution is 0.148. The van der Waals surface area contributed by atoms with Crippen molar-refractivity contribution in [1.29, 1.82) is 0 Å². The molecule has 2 heterocycles. The number of hydrogen-bond acceptors (Lipinski definition) is 5. The van der Waals surface area contributed by atoms with Crippen molar-refractivity contribution in [3.05, 3.63) is 53.6 Å². The number of rotatable bonds is 4. The second-order valence-electron chi connectivity index (χ2n) is 6.85. The van der Waals surface area contributed by atoms with Gasteiger partial charge in [0.1, 0.15) is 11.5 Å². The van der Waals surface area contributed by atoms with E-state index in [2.05, 4.69) is 29.0 Å². The van der Waals surface area contributed by atoms with Crippen LogP contribution in [0.25, 0.3) is 0 Å². The van der Waals surface area contributed by atoms with E-state index in [1.165, 1.54) is 5.56 Å². The minimum atomic E-state index is -0.845. The molecule has 0 amide bonds. The highest BCUT2D eigenvalue weighted by atomic mass is 16.5. The molecular formula is C19H23BN2O3. The van der Waals surface area contributed by atoms with Gasteiger partial charge in [-0.25, -0.2) is 0 Å². The molecule has 1 N–H and O–H groups in total. The topological polar surface area (TPSA) is 45.2 Å². The summed E-state index contributed by atoms with van der Waals surface area (Å²) >= 11 is 0. The normalized spacial score (nSPS) is 18.4. The summed E-state index contributed by atoms with van der Waals surface area (Å²) in [4.78, 5) is 4.84. The summed E-state index contributed by atoms with van der Waals surface area (Å²) in [5.41, 5.74) is 3.07. The Bertz CT molecular complexity index is 747. The largest absolute Gasteiger partial charge is 0.491 e. The van der Waals surface area contributed by atoms with E-state index in [4.69, 9.17) is 9.39 Å². The monoisotopic (exact) mass is 338 g/mol. The lowest BCUT2D eigenvalue weighted by Gasteiger charge is -2.32. The molecule has 4 rings (SSSR count). The average Bonchev–Trinajstić information content (AvgIpc) is 2.98. The van der Waals surface area contributed by atoms with Crippen LogP contribution in [0.1, 0.15) is 11.1 Å². The molecule has 2 aromatic carbocycles. The first-order valence-electron chi connectivity index (χ1n) is 8.77. The number of ether oxygens (including phenoxy) is 1. The number of piperazine rings is 1. The van der Waals surface area contributed by atoms with Gasteiger partial charge in [-0.15, -0.1) is 0 Å². The molecule has 130 valence electrons. The van der Waals surface area contributed by atoms with Gasteiger partial charge in [-0.3, -0.25) is 4.90 Å². The number of benzene rings is 2. The van der Waals surface area contributed by atoms with Gasteiger partial charge in [-0.1, -0.05) is 18.2 Å². The Balaban J connectivity index is 1.44. The van der Waals surface area contributed by atoms with Crippen molar-refractivity contribution in [2.75, 3.05) is 33.2 Å². The molecule has 0 unspecified atom stereocenters. The third-order valence-electron chi connectivity index (χ3n) is 4.92. The van der Waals surface area contributed by atoms with Crippen LogP contribution in [0.3, 0.4) is 0 Å². The maximum atomic E-state index is 9.83. The summed E-state index contributed by atoms with van der Waals surface area (Å²) in [6.07, 6.45) is 0. The molecule has 0 radical (unpaired) electrons. The van der Waals surface area contributed by atoms with Crippen molar-refractivity contribution in [1.82, 2.24) is 9.80 Å². The second kappa shape index (κ2) is 7.18. The molecule has 6 heteroatoms. The van der Waals surface area contributed by atoms with Gasteiger partial charge in [0.15, 0.2) is 0 Å². The zero-order chi connectivity index (χ0) is 17.2. The lowest BCUT2D eigenvalue weighted by atomic mass is 9.79. The van der Waals surface area contributed by atoms with Gasteiger partial charge in [-0.2, -0.15) is 0 Å². The fourth-order valence-electron chi connectivity index (χ4n) is 3.36. The van der Waals surface area contributed by atoms with Gasteiger partial charge in [0.2, 0.25) is 0 Å². The van der Waals surface area contributed by atoms with Gasteiger partial charge >= 0.3 is 7.12 Å². The molecule has 2 aliphatic rings. The Morgan fingerprint density at radius 1 is 1.08 bits per heavy atom. The summed E-state index contributed by atoms with van der Waals surface area (Å²) in [7, 11) is 1.33. The van der Waals surface area contributed by atoms with Crippen LogP contribution in [0.5, 0.6) is 11.5 Å². The Labute approximate surface area is 148 Å². The molecule has 25 heavy (non-hydrogen) atoms. The number of nitrogens with zero attached hydrogens (tertiary/aromatic N) is 2. The standard InChI is InChI=1S/C19H23BN2O3/c1-21-7-9-22(10-8-21)13-15-3-2-4-17(11-15)25-18-6-5-16-14-24-20(23)19(16)12-18/h2-6,11-12,23H,7-10,13-14H2,1H3. The van der Waals surface area contributed by atoms with Crippen molar-refractivity contribution in [3.8, 4) is 11.5 Å². The lowest BCUT2D eigenvalue weighted by Crippen LogP contribution is -2.43. The van der Waals surface area contributed by atoms with Crippen molar-refractivity contribution in [3.63, 3.8) is 0 Å². The minimum Gasteiger partial charge on any atom is -0.457 e. The average molecular weight is 338 g/mol. The van der Waals surface area contributed by atoms with Crippen LogP contribution < -0.4 is 10.2 Å². The second-order valence-corrected chi connectivity index (χ2v) is 6.85. The maximum absolute atomic E-state index is 9.83. The predicted molar refractivity (Wildman–Crippen MR) is 98.1 cm³/mol. The highest BCUT2D eigenvalue weighted by molar-refractivity contribution is 6.61. The minimum absolute atomic E-state index is 0.456. The van der Waals surface area contributed by atoms with E-state index in [0.29, 0.717) is 6.61 Å². The molecule has 2 aliphatic heterocycles. The Morgan fingerprint density at radius 3 is 2.72 bits per heavy atom. The van der Waals surface area contributed by atoms with E-state index in [9.17, 15) is 5.02 Å². The van der Waals surface area contributed by atoms with Gasteiger partial charge in [-0.05, 0) is 47.9 Å². The van der Waals surface area contributed by atoms with Crippen LogP contribution in [0, 0.1) is 0 Å². The summed E-state index contributed by atoms with van der Waals surface area (Å²) in [5, 5.41) is 9.83. The summed E-state index contributed by atoms with van der Waals surface area (Å²) in [6, 6.07) is 14.0. The van der Waals surface area contributed by atoms with Gasteiger partial charge in [0.25, 0.3) is 0 Å². The maximum Gasteiger partial charge on any atom is 0.491 e. The summed E-state index contributed by atoms with van der Waals surface area (Å²) in [5.74, 6) is 1.54. The highest BCUT2D eigenvalue weighted by Crippen LogP contribution is 2.24. The zero-order valence-corrected chi connectivity index (χ0v) is 14.5. The number of fused-ring (bicyclic) bond motifs is 1. The van der Waals surface area contributed by atoms with Crippen LogP contribution in [-0.2, 0) is 17.8 Å². The van der Waals surface area contributed by atoms with Gasteiger partial charge in [0, 0.05) is 32.7 Å². The van der Waals surface area contributed by atoms with E-state index < -0.39 is 7.12 Å². The smallest absolute Gasteiger partial charge is 0.457 e. The number of hydrogen-bond donors (Lipinski definition) is 1. The number of likely N-dealkylation sites (N-methyl/N-ethyl adjacent to an activating group) is 1. The Kier molecular flexibility index (Phi) is 4.77. The van der Waals surface area contributed by atoms with E-state index in [0.717, 1.165) is 55.2 Å². The molecule has 1 fully saturated rings. The van der Waals surface area contributed by atoms with E-state index >= 15 is 0 Å². The fourth-order valence-corrected chi connectivity index (χ4v) is 3.36. The van der Waals surface area contributed by atoms with Crippen molar-refractivity contribution < 1.29 is 14.4 Å². The SMILES string of the molecule is CN1CCN(Cc2cccc(Oc3ccc4c(c3)B(O)OC4)c2)CC1. The van der Waals surface area contributed by atoms with Crippen molar-refractivity contribution in [2.24, 2.45) is 0 Å². The molecule has 2 aromatic rings. The van der Waals surface area contributed by atoms with Crippen LogP contribution in [-0.4, -0.2) is 55.2 Å². The van der Waals surface area contributed by atoms with E-state index in [-0.39, 0.29) is 0 Å². The first-order valence-corrected chi connectivity index (χ1v) is 8.77. The first-order chi connectivity index (χ1) is 12.2. The molecular weight excluding hydrogens is 315 g/mol. The molecule has 0 bridgehead atoms. The molecule has 5 nitrogen and oxygen atoms in total. The van der Waals surface area contributed by atoms with Crippen LogP contribution >= 0.6 is 0 Å². The molecule has 1 saturated heterocycles. The zero-order valence-electron chi connectivity index (χ0n) is 14.5. The molecule has 0 atom stereocenters. The van der Waals surface area contributed by atoms with Crippen LogP contribution in [0.15, 0.2) is 42.5 Å². The van der Waals surface area contributed by atoms with Crippen LogP contribution in [0.4, 0.5) is 0 Å². The quantitative estimate of drug-likeness (QED) is 0.855. The third kappa shape index (κ3) is 3.88. The van der Waals surface area contributed by atoms with Crippen molar-refractivity contribution >= 4 is 12.6 Å². The Morgan fingerprint density at radius 2 is 1.88 bits per heavy atom. The molecule has 0 aliphatic carbocycles. The fraction of sp³-hybridized carbons (Fsp3) is 0.368. The Hall–Kier alpha value is -1.86. The highest BCUT2D eigenvalue weighted by Gasteiger charge is 2.27. The molecule has 0 aromatic heterocycles. The summed E-state index contributed by atoms with van der Waals surface area (Å²) in [6.45, 7) is 5.85. The van der Waals surface area contributed by atoms with Gasteiger partial charge in [0.05, 0.1) is 6.61 Å². The molecule has 0 saturated carbocycles. The third-order valence-corrected chi connectivity index (χ3v) is 4.92. The summed E-state index contributed by atoms with van der Waals surface area (Å²) < 4.78 is 11.2. The van der Waals surface area contributed by atoms with Gasteiger partial charge < -0.3 is 19.3 Å². The van der Waals surface area contributed by atoms with Crippen molar-refractivity contribution in [2.45, 2.75) is 13.2 Å². The van der Waals surface area contributed by atoms with E-state index in [1.807, 2.05) is 30.3 Å². The van der Waals surface area contributed by atoms with E-state index in [1.54, 1.807) is 0 Å². The van der Waals surface area contributed by atoms with Crippen LogP contribution in [0.2, 0.25) is 0 Å². The molecule has 0 spiro atoms. The predicted octanol–water partition coefficient (Wildman–Crippen LogP) is 1.44.